The van der Waals surface area contributed by atoms with Crippen molar-refractivity contribution in [3.8, 4) is 5.75 Å². The molecule has 0 aromatic heterocycles. The predicted octanol–water partition coefficient (Wildman–Crippen LogP) is 1.21. The van der Waals surface area contributed by atoms with Crippen LogP contribution in [0.25, 0.3) is 0 Å². The van der Waals surface area contributed by atoms with Gasteiger partial charge in [-0.25, -0.2) is 0 Å². The molecule has 1 unspecified atom stereocenters. The summed E-state index contributed by atoms with van der Waals surface area (Å²) in [5.74, 6) is 0.107. The number of hydrogen-bond acceptors (Lipinski definition) is 3. The van der Waals surface area contributed by atoms with Crippen molar-refractivity contribution in [1.29, 1.82) is 0 Å². The van der Waals surface area contributed by atoms with Crippen molar-refractivity contribution in [3.63, 3.8) is 0 Å². The molecule has 0 aliphatic heterocycles. The van der Waals surface area contributed by atoms with Gasteiger partial charge < -0.3 is 15.3 Å². The van der Waals surface area contributed by atoms with E-state index in [0.717, 1.165) is 0 Å². The van der Waals surface area contributed by atoms with Crippen LogP contribution in [-0.2, 0) is 4.79 Å². The van der Waals surface area contributed by atoms with E-state index in [9.17, 15) is 9.90 Å². The van der Waals surface area contributed by atoms with Gasteiger partial charge in [0.2, 0.25) is 5.91 Å². The number of phenols is 1. The second-order valence-corrected chi connectivity index (χ2v) is 3.88. The maximum Gasteiger partial charge on any atom is 0.230 e. The van der Waals surface area contributed by atoms with Crippen molar-refractivity contribution in [2.75, 3.05) is 25.5 Å². The normalized spacial score (nSPS) is 12.2. The maximum absolute atomic E-state index is 11.9. The summed E-state index contributed by atoms with van der Waals surface area (Å²) in [7, 11) is 3.53. The molecule has 1 atom stereocenters. The van der Waals surface area contributed by atoms with Gasteiger partial charge in [0.1, 0.15) is 5.75 Å². The van der Waals surface area contributed by atoms with Gasteiger partial charge in [0.25, 0.3) is 0 Å². The number of amides is 1. The SMILES string of the molecule is CNCC(C)C(=O)N(C)c1cccc(O)c1. The summed E-state index contributed by atoms with van der Waals surface area (Å²) < 4.78 is 0. The van der Waals surface area contributed by atoms with E-state index >= 15 is 0 Å². The number of phenolic OH excluding ortho intramolecular Hbond substituents is 1. The molecule has 1 amide bonds. The molecule has 0 fully saturated rings. The van der Waals surface area contributed by atoms with Gasteiger partial charge in [0.05, 0.1) is 0 Å². The maximum atomic E-state index is 11.9. The highest BCUT2D eigenvalue weighted by molar-refractivity contribution is 5.94. The van der Waals surface area contributed by atoms with Crippen LogP contribution in [0.3, 0.4) is 0 Å². The highest BCUT2D eigenvalue weighted by Crippen LogP contribution is 2.20. The van der Waals surface area contributed by atoms with E-state index in [-0.39, 0.29) is 17.6 Å². The molecule has 1 aromatic rings. The molecule has 16 heavy (non-hydrogen) atoms. The quantitative estimate of drug-likeness (QED) is 0.805. The first kappa shape index (κ1) is 12.5. The molecule has 0 aliphatic rings. The molecule has 0 saturated heterocycles. The molecule has 0 spiro atoms. The van der Waals surface area contributed by atoms with Crippen molar-refractivity contribution in [2.45, 2.75) is 6.92 Å². The van der Waals surface area contributed by atoms with Crippen LogP contribution in [0.1, 0.15) is 6.92 Å². The van der Waals surface area contributed by atoms with Crippen LogP contribution in [0.5, 0.6) is 5.75 Å². The summed E-state index contributed by atoms with van der Waals surface area (Å²) in [5.41, 5.74) is 0.702. The third-order valence-electron chi connectivity index (χ3n) is 2.48. The Balaban J connectivity index is 2.77. The summed E-state index contributed by atoms with van der Waals surface area (Å²) >= 11 is 0. The van der Waals surface area contributed by atoms with Crippen molar-refractivity contribution in [2.24, 2.45) is 5.92 Å². The number of nitrogens with zero attached hydrogens (tertiary/aromatic N) is 1. The highest BCUT2D eigenvalue weighted by Gasteiger charge is 2.17. The Hall–Kier alpha value is -1.55. The molecule has 0 radical (unpaired) electrons. The summed E-state index contributed by atoms with van der Waals surface area (Å²) in [6.07, 6.45) is 0. The fraction of sp³-hybridized carbons (Fsp3) is 0.417. The van der Waals surface area contributed by atoms with E-state index in [2.05, 4.69) is 5.32 Å². The average Bonchev–Trinajstić information content (AvgIpc) is 2.27. The summed E-state index contributed by atoms with van der Waals surface area (Å²) in [6.45, 7) is 2.51. The van der Waals surface area contributed by atoms with Crippen LogP contribution in [0.15, 0.2) is 24.3 Å². The van der Waals surface area contributed by atoms with E-state index in [1.807, 2.05) is 14.0 Å². The van der Waals surface area contributed by atoms with Gasteiger partial charge in [0, 0.05) is 31.3 Å². The van der Waals surface area contributed by atoms with Crippen LogP contribution < -0.4 is 10.2 Å². The second-order valence-electron chi connectivity index (χ2n) is 3.88. The van der Waals surface area contributed by atoms with Crippen LogP contribution in [-0.4, -0.2) is 31.7 Å². The van der Waals surface area contributed by atoms with Crippen LogP contribution in [0.2, 0.25) is 0 Å². The largest absolute Gasteiger partial charge is 0.508 e. The minimum atomic E-state index is -0.0858. The summed E-state index contributed by atoms with van der Waals surface area (Å²) in [4.78, 5) is 13.5. The summed E-state index contributed by atoms with van der Waals surface area (Å²) in [6, 6.07) is 6.67. The molecule has 1 aromatic carbocycles. The Labute approximate surface area is 95.9 Å². The fourth-order valence-electron chi connectivity index (χ4n) is 1.55. The van der Waals surface area contributed by atoms with Crippen LogP contribution >= 0.6 is 0 Å². The third-order valence-corrected chi connectivity index (χ3v) is 2.48. The lowest BCUT2D eigenvalue weighted by Crippen LogP contribution is -2.35. The monoisotopic (exact) mass is 222 g/mol. The van der Waals surface area contributed by atoms with Gasteiger partial charge in [0.15, 0.2) is 0 Å². The molecule has 0 heterocycles. The number of anilines is 1. The molecule has 0 aliphatic carbocycles. The third kappa shape index (κ3) is 2.97. The van der Waals surface area contributed by atoms with Gasteiger partial charge in [-0.05, 0) is 19.2 Å². The van der Waals surface area contributed by atoms with Crippen LogP contribution in [0.4, 0.5) is 5.69 Å². The lowest BCUT2D eigenvalue weighted by Gasteiger charge is -2.21. The van der Waals surface area contributed by atoms with Gasteiger partial charge in [-0.1, -0.05) is 13.0 Å². The summed E-state index contributed by atoms with van der Waals surface area (Å²) in [5, 5.41) is 12.3. The van der Waals surface area contributed by atoms with Crippen molar-refractivity contribution >= 4 is 11.6 Å². The smallest absolute Gasteiger partial charge is 0.230 e. The average molecular weight is 222 g/mol. The zero-order chi connectivity index (χ0) is 12.1. The molecule has 2 N–H and O–H groups in total. The Morgan fingerprint density at radius 1 is 1.56 bits per heavy atom. The fourth-order valence-corrected chi connectivity index (χ4v) is 1.55. The van der Waals surface area contributed by atoms with Crippen molar-refractivity contribution in [1.82, 2.24) is 5.32 Å². The molecule has 88 valence electrons. The van der Waals surface area contributed by atoms with E-state index < -0.39 is 0 Å². The lowest BCUT2D eigenvalue weighted by atomic mass is 10.1. The van der Waals surface area contributed by atoms with E-state index in [1.54, 1.807) is 36.2 Å². The Kier molecular flexibility index (Phi) is 4.31. The van der Waals surface area contributed by atoms with E-state index in [0.29, 0.717) is 12.2 Å². The first-order valence-corrected chi connectivity index (χ1v) is 5.27. The lowest BCUT2D eigenvalue weighted by molar-refractivity contribution is -0.121. The second kappa shape index (κ2) is 5.51. The first-order chi connectivity index (χ1) is 7.56. The first-order valence-electron chi connectivity index (χ1n) is 5.27. The Morgan fingerprint density at radius 3 is 2.81 bits per heavy atom. The molecule has 1 rings (SSSR count). The zero-order valence-electron chi connectivity index (χ0n) is 9.90. The number of carbonyl (C=O) groups is 1. The zero-order valence-corrected chi connectivity index (χ0v) is 9.90. The van der Waals surface area contributed by atoms with Gasteiger partial charge >= 0.3 is 0 Å². The molecule has 4 nitrogen and oxygen atoms in total. The number of rotatable bonds is 4. The number of hydrogen-bond donors (Lipinski definition) is 2. The van der Waals surface area contributed by atoms with E-state index in [1.165, 1.54) is 0 Å². The van der Waals surface area contributed by atoms with Gasteiger partial charge in [-0.15, -0.1) is 0 Å². The van der Waals surface area contributed by atoms with E-state index in [4.69, 9.17) is 0 Å². The molecule has 0 bridgehead atoms. The van der Waals surface area contributed by atoms with Crippen LogP contribution in [0, 0.1) is 5.92 Å². The van der Waals surface area contributed by atoms with Crippen molar-refractivity contribution in [3.05, 3.63) is 24.3 Å². The Morgan fingerprint density at radius 2 is 2.25 bits per heavy atom. The predicted molar refractivity (Wildman–Crippen MR) is 64.6 cm³/mol. The molecule has 4 heteroatoms. The molecular formula is C12H18N2O2. The number of carbonyl (C=O) groups excluding carboxylic acids is 1. The standard InChI is InChI=1S/C12H18N2O2/c1-9(8-13-2)12(16)14(3)10-5-4-6-11(15)7-10/h4-7,9,13,15H,8H2,1-3H3. The molecule has 0 saturated carbocycles. The minimum absolute atomic E-state index is 0.0277. The highest BCUT2D eigenvalue weighted by atomic mass is 16.3. The van der Waals surface area contributed by atoms with Gasteiger partial charge in [-0.2, -0.15) is 0 Å². The Bertz CT molecular complexity index is 366. The molecular weight excluding hydrogens is 204 g/mol. The minimum Gasteiger partial charge on any atom is -0.508 e. The number of nitrogens with one attached hydrogen (secondary N) is 1. The number of aromatic hydroxyl groups is 1. The van der Waals surface area contributed by atoms with Gasteiger partial charge in [-0.3, -0.25) is 4.79 Å². The number of benzene rings is 1. The topological polar surface area (TPSA) is 52.6 Å². The van der Waals surface area contributed by atoms with Crippen molar-refractivity contribution < 1.29 is 9.90 Å².